The van der Waals surface area contributed by atoms with Gasteiger partial charge in [-0.1, -0.05) is 0 Å². The molecule has 3 rings (SSSR count). The van der Waals surface area contributed by atoms with Gasteiger partial charge in [-0.05, 0) is 19.1 Å². The Morgan fingerprint density at radius 2 is 1.85 bits per heavy atom. The molecule has 0 bridgehead atoms. The van der Waals surface area contributed by atoms with E-state index in [1.165, 1.54) is 25.6 Å². The van der Waals surface area contributed by atoms with Crippen molar-refractivity contribution in [3.8, 4) is 23.0 Å². The fraction of sp³-hybridized carbons (Fsp3) is 0.316. The Kier molecular flexibility index (Phi) is 7.40. The Labute approximate surface area is 190 Å². The zero-order valence-electron chi connectivity index (χ0n) is 18.5. The average Bonchev–Trinajstić information content (AvgIpc) is 2.73. The van der Waals surface area contributed by atoms with Crippen molar-refractivity contribution in [3.05, 3.63) is 30.4 Å². The molecule has 176 valence electrons. The summed E-state index contributed by atoms with van der Waals surface area (Å²) in [6, 6.07) is 3.22. The average molecular weight is 477 g/mol. The van der Waals surface area contributed by atoms with E-state index in [0.29, 0.717) is 41.9 Å². The van der Waals surface area contributed by atoms with Gasteiger partial charge in [0.1, 0.15) is 29.7 Å². The van der Waals surface area contributed by atoms with Gasteiger partial charge in [-0.3, -0.25) is 4.72 Å². The molecule has 14 heteroatoms. The van der Waals surface area contributed by atoms with Crippen molar-refractivity contribution in [2.75, 3.05) is 49.5 Å². The summed E-state index contributed by atoms with van der Waals surface area (Å²) in [5.41, 5.74) is 6.88. The van der Waals surface area contributed by atoms with Crippen LogP contribution in [0.15, 0.2) is 24.5 Å². The predicted octanol–water partition coefficient (Wildman–Crippen LogP) is 1.37. The molecule has 0 atom stereocenters. The van der Waals surface area contributed by atoms with Crippen molar-refractivity contribution >= 4 is 33.2 Å². The predicted molar refractivity (Wildman–Crippen MR) is 122 cm³/mol. The third kappa shape index (κ3) is 6.60. The highest BCUT2D eigenvalue weighted by Gasteiger charge is 2.16. The molecule has 0 saturated carbocycles. The number of rotatable bonds is 10. The van der Waals surface area contributed by atoms with Crippen molar-refractivity contribution < 1.29 is 22.6 Å². The van der Waals surface area contributed by atoms with Gasteiger partial charge >= 0.3 is 0 Å². The topological polar surface area (TPSA) is 176 Å². The smallest absolute Gasteiger partial charge is 0.238 e. The number of ether oxygens (including phenoxy) is 3. The Morgan fingerprint density at radius 3 is 2.52 bits per heavy atom. The molecule has 0 aliphatic rings. The minimum atomic E-state index is -3.56. The minimum absolute atomic E-state index is 0.0555. The maximum atomic E-state index is 11.7. The van der Waals surface area contributed by atoms with Gasteiger partial charge in [0.15, 0.2) is 5.82 Å². The minimum Gasteiger partial charge on any atom is -0.490 e. The molecular formula is C19H24N8O5S. The quantitative estimate of drug-likeness (QED) is 0.359. The molecule has 0 unspecified atom stereocenters. The molecule has 0 aromatic carbocycles. The summed E-state index contributed by atoms with van der Waals surface area (Å²) in [4.78, 5) is 21.1. The fourth-order valence-electron chi connectivity index (χ4n) is 2.75. The molecule has 0 saturated heterocycles. The second-order valence-electron chi connectivity index (χ2n) is 6.75. The second-order valence-corrected chi connectivity index (χ2v) is 8.50. The number of anilines is 4. The largest absolute Gasteiger partial charge is 0.490 e. The van der Waals surface area contributed by atoms with Gasteiger partial charge in [-0.25, -0.2) is 23.4 Å². The van der Waals surface area contributed by atoms with Crippen LogP contribution < -0.4 is 25.2 Å². The number of nitrogen functional groups attached to an aromatic ring is 1. The molecular weight excluding hydrogens is 452 g/mol. The van der Waals surface area contributed by atoms with Crippen LogP contribution in [-0.4, -0.2) is 67.0 Å². The van der Waals surface area contributed by atoms with Crippen LogP contribution in [0.4, 0.5) is 23.1 Å². The molecule has 3 aromatic heterocycles. The first kappa shape index (κ1) is 23.9. The van der Waals surface area contributed by atoms with Crippen LogP contribution in [0.3, 0.4) is 0 Å². The van der Waals surface area contributed by atoms with Crippen LogP contribution >= 0.6 is 0 Å². The zero-order valence-corrected chi connectivity index (χ0v) is 19.3. The number of aryl methyl sites for hydroxylation is 1. The highest BCUT2D eigenvalue weighted by molar-refractivity contribution is 7.92. The molecule has 0 aliphatic carbocycles. The Balaban J connectivity index is 2.02. The lowest BCUT2D eigenvalue weighted by atomic mass is 10.2. The van der Waals surface area contributed by atoms with E-state index >= 15 is 0 Å². The van der Waals surface area contributed by atoms with E-state index < -0.39 is 10.0 Å². The first-order chi connectivity index (χ1) is 15.7. The molecule has 0 aliphatic heterocycles. The van der Waals surface area contributed by atoms with Crippen molar-refractivity contribution in [3.63, 3.8) is 0 Å². The molecule has 4 N–H and O–H groups in total. The second kappa shape index (κ2) is 10.2. The lowest BCUT2D eigenvalue weighted by Gasteiger charge is -2.15. The van der Waals surface area contributed by atoms with Crippen molar-refractivity contribution in [1.29, 1.82) is 0 Å². The Morgan fingerprint density at radius 1 is 1.06 bits per heavy atom. The summed E-state index contributed by atoms with van der Waals surface area (Å²) < 4.78 is 41.6. The summed E-state index contributed by atoms with van der Waals surface area (Å²) >= 11 is 0. The molecule has 13 nitrogen and oxygen atoms in total. The van der Waals surface area contributed by atoms with Gasteiger partial charge in [0, 0.05) is 7.11 Å². The van der Waals surface area contributed by atoms with E-state index in [-0.39, 0.29) is 23.3 Å². The molecule has 0 radical (unpaired) electrons. The monoisotopic (exact) mass is 476 g/mol. The Hall–Kier alpha value is -3.78. The lowest BCUT2D eigenvalue weighted by Crippen LogP contribution is -2.11. The first-order valence-corrected chi connectivity index (χ1v) is 11.5. The maximum absolute atomic E-state index is 11.7. The van der Waals surface area contributed by atoms with E-state index in [9.17, 15) is 8.42 Å². The molecule has 33 heavy (non-hydrogen) atoms. The van der Waals surface area contributed by atoms with Crippen LogP contribution in [0, 0.1) is 6.92 Å². The Bertz CT molecular complexity index is 1220. The van der Waals surface area contributed by atoms with Crippen LogP contribution in [0.1, 0.15) is 5.82 Å². The number of aromatic nitrogens is 5. The number of hydrogen-bond acceptors (Lipinski definition) is 12. The lowest BCUT2D eigenvalue weighted by molar-refractivity contribution is 0.146. The summed E-state index contributed by atoms with van der Waals surface area (Å²) in [6.45, 7) is 2.42. The number of methoxy groups -OCH3 is 2. The third-order valence-corrected chi connectivity index (χ3v) is 4.62. The van der Waals surface area contributed by atoms with E-state index in [1.807, 2.05) is 0 Å². The number of nitrogens with one attached hydrogen (secondary N) is 2. The van der Waals surface area contributed by atoms with Crippen molar-refractivity contribution in [1.82, 2.24) is 24.9 Å². The SMILES string of the molecule is COCCOc1cnc(Nc2cnc(OC)c(NS(C)(=O)=O)c2)c(-c2nc(C)nc(N)n2)c1. The van der Waals surface area contributed by atoms with Crippen molar-refractivity contribution in [2.24, 2.45) is 0 Å². The first-order valence-electron chi connectivity index (χ1n) is 9.57. The molecule has 0 fully saturated rings. The molecule has 0 amide bonds. The van der Waals surface area contributed by atoms with E-state index in [4.69, 9.17) is 19.9 Å². The standard InChI is InChI=1S/C19H24N8O5S/c1-11-23-17(26-19(20)24-11)14-8-13(32-6-5-30-2)10-21-16(14)25-12-7-15(27-33(4,28)29)18(31-3)22-9-12/h7-10,27H,5-6H2,1-4H3,(H,21,25)(H2,20,23,24,26). The number of pyridine rings is 2. The molecule has 3 heterocycles. The third-order valence-electron chi connectivity index (χ3n) is 4.03. The van der Waals surface area contributed by atoms with Crippen LogP contribution in [0.25, 0.3) is 11.4 Å². The van der Waals surface area contributed by atoms with Crippen molar-refractivity contribution in [2.45, 2.75) is 6.92 Å². The maximum Gasteiger partial charge on any atom is 0.238 e. The number of hydrogen-bond donors (Lipinski definition) is 3. The van der Waals surface area contributed by atoms with Gasteiger partial charge < -0.3 is 25.3 Å². The highest BCUT2D eigenvalue weighted by atomic mass is 32.2. The van der Waals surface area contributed by atoms with Gasteiger partial charge in [0.2, 0.25) is 21.9 Å². The number of nitrogens with zero attached hydrogens (tertiary/aromatic N) is 5. The summed E-state index contributed by atoms with van der Waals surface area (Å²) in [5.74, 6) is 1.71. The molecule has 3 aromatic rings. The van der Waals surface area contributed by atoms with Crippen LogP contribution in [0.5, 0.6) is 11.6 Å². The van der Waals surface area contributed by atoms with Crippen LogP contribution in [-0.2, 0) is 14.8 Å². The normalized spacial score (nSPS) is 11.2. The summed E-state index contributed by atoms with van der Waals surface area (Å²) in [7, 11) is -0.595. The summed E-state index contributed by atoms with van der Waals surface area (Å²) in [6.07, 6.45) is 4.02. The number of nitrogens with two attached hydrogens (primary N) is 1. The highest BCUT2D eigenvalue weighted by Crippen LogP contribution is 2.32. The van der Waals surface area contributed by atoms with E-state index in [0.717, 1.165) is 6.26 Å². The van der Waals surface area contributed by atoms with Gasteiger partial charge in [-0.15, -0.1) is 0 Å². The van der Waals surface area contributed by atoms with Gasteiger partial charge in [0.05, 0.1) is 43.6 Å². The molecule has 0 spiro atoms. The van der Waals surface area contributed by atoms with Crippen LogP contribution in [0.2, 0.25) is 0 Å². The zero-order chi connectivity index (χ0) is 24.0. The summed E-state index contributed by atoms with van der Waals surface area (Å²) in [5, 5.41) is 3.10. The van der Waals surface area contributed by atoms with E-state index in [1.54, 1.807) is 20.1 Å². The van der Waals surface area contributed by atoms with E-state index in [2.05, 4.69) is 35.0 Å². The fourth-order valence-corrected chi connectivity index (χ4v) is 3.30. The van der Waals surface area contributed by atoms with Gasteiger partial charge in [0.25, 0.3) is 0 Å². The van der Waals surface area contributed by atoms with Gasteiger partial charge in [-0.2, -0.15) is 9.97 Å². The number of sulfonamides is 1.